The smallest absolute Gasteiger partial charge is 0.311 e. The number of hydrogen-bond donors (Lipinski definition) is 2. The van der Waals surface area contributed by atoms with Gasteiger partial charge in [-0.25, -0.2) is 0 Å². The maximum absolute atomic E-state index is 10.7. The number of hydrogen-bond acceptors (Lipinski definition) is 5. The van der Waals surface area contributed by atoms with Crippen molar-refractivity contribution < 1.29 is 14.8 Å². The van der Waals surface area contributed by atoms with Crippen LogP contribution >= 0.6 is 0 Å². The number of nitro benzene ring substituents is 1. The molecule has 1 aromatic carbocycles. The summed E-state index contributed by atoms with van der Waals surface area (Å²) in [6.45, 7) is 1.53. The van der Waals surface area contributed by atoms with Gasteiger partial charge in [0.1, 0.15) is 0 Å². The summed E-state index contributed by atoms with van der Waals surface area (Å²) in [6, 6.07) is 3.74. The highest BCUT2D eigenvalue weighted by Crippen LogP contribution is 2.29. The Morgan fingerprint density at radius 2 is 2.19 bits per heavy atom. The summed E-state index contributed by atoms with van der Waals surface area (Å²) >= 11 is 0. The maximum Gasteiger partial charge on any atom is 0.311 e. The summed E-state index contributed by atoms with van der Waals surface area (Å²) in [5.74, 6) is 0.173. The molecule has 6 nitrogen and oxygen atoms in total. The van der Waals surface area contributed by atoms with E-state index in [1.807, 2.05) is 0 Å². The average molecular weight is 226 g/mol. The zero-order chi connectivity index (χ0) is 12.3. The lowest BCUT2D eigenvalue weighted by Crippen LogP contribution is -2.23. The van der Waals surface area contributed by atoms with Crippen LogP contribution < -0.4 is 10.5 Å². The molecule has 0 amide bonds. The molecule has 0 aliphatic rings. The molecule has 0 aliphatic heterocycles. The number of nitrogens with two attached hydrogens (primary N) is 1. The number of rotatable bonds is 4. The molecule has 6 heteroatoms. The molecule has 0 heterocycles. The van der Waals surface area contributed by atoms with Crippen LogP contribution in [0.2, 0.25) is 0 Å². The van der Waals surface area contributed by atoms with Gasteiger partial charge in [0, 0.05) is 6.07 Å². The third kappa shape index (κ3) is 2.47. The number of ether oxygens (including phenoxy) is 1. The topological polar surface area (TPSA) is 98.6 Å². The predicted molar refractivity (Wildman–Crippen MR) is 58.3 cm³/mol. The van der Waals surface area contributed by atoms with Crippen molar-refractivity contribution in [1.29, 1.82) is 0 Å². The molecule has 1 rings (SSSR count). The first kappa shape index (κ1) is 12.4. The van der Waals surface area contributed by atoms with E-state index in [0.717, 1.165) is 0 Å². The van der Waals surface area contributed by atoms with Gasteiger partial charge in [-0.1, -0.05) is 6.07 Å². The number of nitro groups is 1. The standard InChI is InChI=1S/C10H14N2O4/c1-6(13)10(11)7-3-4-9(16-2)8(5-7)12(14)15/h3-6,10,13H,11H2,1-2H3/t6-,10-/m0/s1. The van der Waals surface area contributed by atoms with Crippen LogP contribution in [-0.4, -0.2) is 23.2 Å². The Bertz CT molecular complexity index is 392. The highest BCUT2D eigenvalue weighted by Gasteiger charge is 2.19. The van der Waals surface area contributed by atoms with E-state index in [1.54, 1.807) is 6.07 Å². The van der Waals surface area contributed by atoms with Crippen molar-refractivity contribution in [2.75, 3.05) is 7.11 Å². The Labute approximate surface area is 92.8 Å². The average Bonchev–Trinajstić information content (AvgIpc) is 2.26. The van der Waals surface area contributed by atoms with Crippen molar-refractivity contribution in [3.05, 3.63) is 33.9 Å². The van der Waals surface area contributed by atoms with E-state index < -0.39 is 17.1 Å². The minimum atomic E-state index is -0.770. The fourth-order valence-corrected chi connectivity index (χ4v) is 1.34. The Balaban J connectivity index is 3.16. The van der Waals surface area contributed by atoms with Crippen LogP contribution in [0.5, 0.6) is 5.75 Å². The molecule has 88 valence electrons. The van der Waals surface area contributed by atoms with Crippen LogP contribution in [0.3, 0.4) is 0 Å². The SMILES string of the molecule is COc1ccc([C@@H](N)[C@H](C)O)cc1[N+](=O)[O-]. The summed E-state index contributed by atoms with van der Waals surface area (Å²) in [7, 11) is 1.36. The second kappa shape index (κ2) is 4.91. The Kier molecular flexibility index (Phi) is 3.81. The van der Waals surface area contributed by atoms with Gasteiger partial charge >= 0.3 is 5.69 Å². The van der Waals surface area contributed by atoms with Gasteiger partial charge in [0.2, 0.25) is 0 Å². The van der Waals surface area contributed by atoms with E-state index in [1.165, 1.54) is 26.2 Å². The monoisotopic (exact) mass is 226 g/mol. The highest BCUT2D eigenvalue weighted by molar-refractivity contribution is 5.49. The molecule has 2 atom stereocenters. The van der Waals surface area contributed by atoms with Gasteiger partial charge in [-0.2, -0.15) is 0 Å². The molecular weight excluding hydrogens is 212 g/mol. The van der Waals surface area contributed by atoms with Crippen molar-refractivity contribution >= 4 is 5.69 Å². The fraction of sp³-hybridized carbons (Fsp3) is 0.400. The van der Waals surface area contributed by atoms with E-state index in [-0.39, 0.29) is 11.4 Å². The van der Waals surface area contributed by atoms with Crippen LogP contribution in [-0.2, 0) is 0 Å². The highest BCUT2D eigenvalue weighted by atomic mass is 16.6. The van der Waals surface area contributed by atoms with Gasteiger partial charge in [-0.05, 0) is 18.6 Å². The van der Waals surface area contributed by atoms with Crippen LogP contribution in [0.4, 0.5) is 5.69 Å². The Morgan fingerprint density at radius 3 is 2.62 bits per heavy atom. The Hall–Kier alpha value is -1.66. The molecule has 0 fully saturated rings. The first-order chi connectivity index (χ1) is 7.47. The third-order valence-corrected chi connectivity index (χ3v) is 2.30. The molecule has 16 heavy (non-hydrogen) atoms. The van der Waals surface area contributed by atoms with Crippen LogP contribution in [0.25, 0.3) is 0 Å². The summed E-state index contributed by atoms with van der Waals surface area (Å²) in [4.78, 5) is 10.2. The minimum absolute atomic E-state index is 0.156. The first-order valence-electron chi connectivity index (χ1n) is 4.73. The summed E-state index contributed by atoms with van der Waals surface area (Å²) < 4.78 is 4.86. The van der Waals surface area contributed by atoms with Crippen molar-refractivity contribution in [2.24, 2.45) is 5.73 Å². The van der Waals surface area contributed by atoms with Crippen molar-refractivity contribution in [3.8, 4) is 5.75 Å². The molecule has 0 bridgehead atoms. The van der Waals surface area contributed by atoms with E-state index in [2.05, 4.69) is 0 Å². The fourth-order valence-electron chi connectivity index (χ4n) is 1.34. The van der Waals surface area contributed by atoms with Crippen molar-refractivity contribution in [3.63, 3.8) is 0 Å². The molecule has 0 saturated carbocycles. The predicted octanol–water partition coefficient (Wildman–Crippen LogP) is 0.984. The lowest BCUT2D eigenvalue weighted by Gasteiger charge is -2.15. The van der Waals surface area contributed by atoms with E-state index in [4.69, 9.17) is 10.5 Å². The number of aliphatic hydroxyl groups is 1. The van der Waals surface area contributed by atoms with Gasteiger partial charge in [0.25, 0.3) is 0 Å². The van der Waals surface area contributed by atoms with Crippen molar-refractivity contribution in [2.45, 2.75) is 19.1 Å². The molecule has 0 saturated heterocycles. The number of methoxy groups -OCH3 is 1. The molecule has 0 aromatic heterocycles. The van der Waals surface area contributed by atoms with Crippen LogP contribution in [0.15, 0.2) is 18.2 Å². The number of aliphatic hydroxyl groups excluding tert-OH is 1. The van der Waals surface area contributed by atoms with Gasteiger partial charge in [-0.15, -0.1) is 0 Å². The zero-order valence-corrected chi connectivity index (χ0v) is 9.08. The normalized spacial score (nSPS) is 14.2. The van der Waals surface area contributed by atoms with E-state index >= 15 is 0 Å². The Morgan fingerprint density at radius 1 is 1.56 bits per heavy atom. The maximum atomic E-state index is 10.7. The molecule has 1 aromatic rings. The second-order valence-corrected chi connectivity index (χ2v) is 3.45. The lowest BCUT2D eigenvalue weighted by atomic mass is 10.0. The molecular formula is C10H14N2O4. The molecule has 3 N–H and O–H groups in total. The first-order valence-corrected chi connectivity index (χ1v) is 4.73. The molecule has 0 spiro atoms. The second-order valence-electron chi connectivity index (χ2n) is 3.45. The largest absolute Gasteiger partial charge is 0.490 e. The molecule has 0 aliphatic carbocycles. The summed E-state index contributed by atoms with van der Waals surface area (Å²) in [5, 5.41) is 20.1. The van der Waals surface area contributed by atoms with Gasteiger partial charge < -0.3 is 15.6 Å². The molecule has 0 radical (unpaired) electrons. The van der Waals surface area contributed by atoms with Crippen molar-refractivity contribution in [1.82, 2.24) is 0 Å². The lowest BCUT2D eigenvalue weighted by molar-refractivity contribution is -0.385. The van der Waals surface area contributed by atoms with Crippen LogP contribution in [0.1, 0.15) is 18.5 Å². The summed E-state index contributed by atoms with van der Waals surface area (Å²) in [6.07, 6.45) is -0.770. The van der Waals surface area contributed by atoms with Gasteiger partial charge in [-0.3, -0.25) is 10.1 Å². The van der Waals surface area contributed by atoms with Crippen LogP contribution in [0, 0.1) is 10.1 Å². The number of nitrogens with zero attached hydrogens (tertiary/aromatic N) is 1. The van der Waals surface area contributed by atoms with E-state index in [9.17, 15) is 15.2 Å². The summed E-state index contributed by atoms with van der Waals surface area (Å²) in [5.41, 5.74) is 6.03. The van der Waals surface area contributed by atoms with Gasteiger partial charge in [0.15, 0.2) is 5.75 Å². The third-order valence-electron chi connectivity index (χ3n) is 2.30. The molecule has 0 unspecified atom stereocenters. The quantitative estimate of drug-likeness (QED) is 0.589. The zero-order valence-electron chi connectivity index (χ0n) is 9.08. The van der Waals surface area contributed by atoms with Gasteiger partial charge in [0.05, 0.1) is 24.2 Å². The van der Waals surface area contributed by atoms with E-state index in [0.29, 0.717) is 5.56 Å². The minimum Gasteiger partial charge on any atom is -0.490 e. The number of benzene rings is 1.